The van der Waals surface area contributed by atoms with Gasteiger partial charge in [-0.15, -0.1) is 0 Å². The summed E-state index contributed by atoms with van der Waals surface area (Å²) < 4.78 is 35.8. The van der Waals surface area contributed by atoms with Gasteiger partial charge >= 0.3 is 6.18 Å². The molecule has 6 heteroatoms. The molecule has 0 radical (unpaired) electrons. The molecule has 0 saturated carbocycles. The summed E-state index contributed by atoms with van der Waals surface area (Å²) in [6.07, 6.45) is -5.46. The normalized spacial score (nSPS) is 13.7. The molecular weight excluding hydrogens is 209 g/mol. The molecule has 0 saturated heterocycles. The number of hydrogen-bond acceptors (Lipinski definition) is 3. The molecule has 0 fully saturated rings. The number of rotatable bonds is 3. The van der Waals surface area contributed by atoms with Gasteiger partial charge in [-0.2, -0.15) is 13.2 Å². The van der Waals surface area contributed by atoms with Gasteiger partial charge in [0.05, 0.1) is 0 Å². The maximum Gasteiger partial charge on any atom is 0.416 e. The van der Waals surface area contributed by atoms with Crippen molar-refractivity contribution in [1.82, 2.24) is 4.98 Å². The number of aliphatic hydroxyl groups excluding tert-OH is 1. The van der Waals surface area contributed by atoms with Crippen LogP contribution in [-0.2, 0) is 0 Å². The summed E-state index contributed by atoms with van der Waals surface area (Å²) in [6, 6.07) is 3.14. The number of anilines is 1. The van der Waals surface area contributed by atoms with Crippen LogP contribution in [0.3, 0.4) is 0 Å². The van der Waals surface area contributed by atoms with Crippen LogP contribution in [0, 0.1) is 6.92 Å². The van der Waals surface area contributed by atoms with E-state index in [1.807, 2.05) is 0 Å². The quantitative estimate of drug-likeness (QED) is 0.815. The van der Waals surface area contributed by atoms with Gasteiger partial charge in [-0.05, 0) is 19.1 Å². The van der Waals surface area contributed by atoms with E-state index in [-0.39, 0.29) is 0 Å². The molecule has 0 aliphatic heterocycles. The lowest BCUT2D eigenvalue weighted by Crippen LogP contribution is -2.35. The highest BCUT2D eigenvalue weighted by molar-refractivity contribution is 5.42. The maximum atomic E-state index is 11.9. The molecule has 0 bridgehead atoms. The monoisotopic (exact) mass is 220 g/mol. The fourth-order valence-corrected chi connectivity index (χ4v) is 0.986. The number of halogens is 3. The van der Waals surface area contributed by atoms with Crippen LogP contribution in [0.15, 0.2) is 18.3 Å². The van der Waals surface area contributed by atoms with E-state index in [0.717, 1.165) is 0 Å². The molecule has 1 heterocycles. The summed E-state index contributed by atoms with van der Waals surface area (Å²) in [5.74, 6) is 0. The highest BCUT2D eigenvalue weighted by Gasteiger charge is 2.37. The Morgan fingerprint density at radius 2 is 2.20 bits per heavy atom. The van der Waals surface area contributed by atoms with Crippen molar-refractivity contribution in [2.24, 2.45) is 0 Å². The summed E-state index contributed by atoms with van der Waals surface area (Å²) in [4.78, 5) is 3.89. The maximum absolute atomic E-state index is 11.9. The molecule has 0 aliphatic rings. The zero-order valence-corrected chi connectivity index (χ0v) is 8.04. The number of pyridine rings is 1. The average Bonchev–Trinajstić information content (AvgIpc) is 2.12. The molecule has 84 valence electrons. The van der Waals surface area contributed by atoms with Crippen molar-refractivity contribution in [1.29, 1.82) is 0 Å². The van der Waals surface area contributed by atoms with E-state index in [4.69, 9.17) is 5.11 Å². The Balaban J connectivity index is 2.51. The van der Waals surface area contributed by atoms with Crippen molar-refractivity contribution < 1.29 is 18.3 Å². The topological polar surface area (TPSA) is 45.1 Å². The third kappa shape index (κ3) is 3.75. The fraction of sp³-hybridized carbons (Fsp3) is 0.444. The number of aryl methyl sites for hydroxylation is 1. The SMILES string of the molecule is Cc1cc(NCC(O)C(F)(F)F)ccn1. The summed E-state index contributed by atoms with van der Waals surface area (Å²) in [5, 5.41) is 11.2. The Bertz CT molecular complexity index is 327. The number of nitrogens with zero attached hydrogens (tertiary/aromatic N) is 1. The zero-order chi connectivity index (χ0) is 11.5. The second-order valence-electron chi connectivity index (χ2n) is 3.12. The third-order valence-corrected chi connectivity index (χ3v) is 1.77. The molecule has 1 unspecified atom stereocenters. The van der Waals surface area contributed by atoms with E-state index in [2.05, 4.69) is 10.3 Å². The first-order valence-electron chi connectivity index (χ1n) is 4.31. The minimum Gasteiger partial charge on any atom is -0.382 e. The molecule has 1 atom stereocenters. The third-order valence-electron chi connectivity index (χ3n) is 1.77. The van der Waals surface area contributed by atoms with E-state index in [1.165, 1.54) is 12.3 Å². The number of alkyl halides is 3. The van der Waals surface area contributed by atoms with Gasteiger partial charge in [0.1, 0.15) is 0 Å². The van der Waals surface area contributed by atoms with Crippen LogP contribution in [0.25, 0.3) is 0 Å². The van der Waals surface area contributed by atoms with Gasteiger partial charge in [-0.25, -0.2) is 0 Å². The molecule has 2 N–H and O–H groups in total. The Kier molecular flexibility index (Phi) is 3.52. The lowest BCUT2D eigenvalue weighted by Gasteiger charge is -2.15. The van der Waals surface area contributed by atoms with Crippen LogP contribution in [0.1, 0.15) is 5.69 Å². The van der Waals surface area contributed by atoms with Crippen molar-refractivity contribution in [2.45, 2.75) is 19.2 Å². The first kappa shape index (κ1) is 11.8. The lowest BCUT2D eigenvalue weighted by atomic mass is 10.3. The van der Waals surface area contributed by atoms with Gasteiger partial charge in [0.15, 0.2) is 6.10 Å². The molecule has 0 amide bonds. The van der Waals surface area contributed by atoms with E-state index in [1.54, 1.807) is 13.0 Å². The van der Waals surface area contributed by atoms with Crippen molar-refractivity contribution in [3.05, 3.63) is 24.0 Å². The average molecular weight is 220 g/mol. The number of nitrogens with one attached hydrogen (secondary N) is 1. The predicted molar refractivity (Wildman–Crippen MR) is 49.5 cm³/mol. The molecule has 1 aromatic heterocycles. The van der Waals surface area contributed by atoms with Gasteiger partial charge < -0.3 is 10.4 Å². The number of aliphatic hydroxyl groups is 1. The molecule has 3 nitrogen and oxygen atoms in total. The first-order chi connectivity index (χ1) is 6.89. The largest absolute Gasteiger partial charge is 0.416 e. The summed E-state index contributed by atoms with van der Waals surface area (Å²) in [6.45, 7) is 1.17. The minimum atomic E-state index is -4.59. The van der Waals surface area contributed by atoms with Crippen LogP contribution >= 0.6 is 0 Å². The van der Waals surface area contributed by atoms with Crippen LogP contribution in [-0.4, -0.2) is 28.9 Å². The highest BCUT2D eigenvalue weighted by atomic mass is 19.4. The first-order valence-corrected chi connectivity index (χ1v) is 4.31. The molecule has 15 heavy (non-hydrogen) atoms. The van der Waals surface area contributed by atoms with Crippen molar-refractivity contribution in [3.63, 3.8) is 0 Å². The molecule has 1 rings (SSSR count). The zero-order valence-electron chi connectivity index (χ0n) is 8.04. The molecular formula is C9H11F3N2O. The lowest BCUT2D eigenvalue weighted by molar-refractivity contribution is -0.198. The Labute approximate surface area is 85.0 Å². The van der Waals surface area contributed by atoms with Crippen molar-refractivity contribution in [2.75, 3.05) is 11.9 Å². The highest BCUT2D eigenvalue weighted by Crippen LogP contribution is 2.20. The van der Waals surface area contributed by atoms with Crippen LogP contribution in [0.2, 0.25) is 0 Å². The van der Waals surface area contributed by atoms with Crippen LogP contribution in [0.4, 0.5) is 18.9 Å². The van der Waals surface area contributed by atoms with Gasteiger partial charge in [0.25, 0.3) is 0 Å². The van der Waals surface area contributed by atoms with Gasteiger partial charge in [-0.1, -0.05) is 0 Å². The van der Waals surface area contributed by atoms with E-state index >= 15 is 0 Å². The predicted octanol–water partition coefficient (Wildman–Crippen LogP) is 1.73. The summed E-state index contributed by atoms with van der Waals surface area (Å²) in [7, 11) is 0. The second kappa shape index (κ2) is 4.48. The van der Waals surface area contributed by atoms with Gasteiger partial charge in [0, 0.05) is 24.1 Å². The van der Waals surface area contributed by atoms with Crippen molar-refractivity contribution in [3.8, 4) is 0 Å². The van der Waals surface area contributed by atoms with Gasteiger partial charge in [-0.3, -0.25) is 4.98 Å². The Hall–Kier alpha value is -1.30. The Morgan fingerprint density at radius 3 is 2.73 bits per heavy atom. The Morgan fingerprint density at radius 1 is 1.53 bits per heavy atom. The summed E-state index contributed by atoms with van der Waals surface area (Å²) >= 11 is 0. The van der Waals surface area contributed by atoms with E-state index < -0.39 is 18.8 Å². The molecule has 0 aromatic carbocycles. The number of aromatic nitrogens is 1. The van der Waals surface area contributed by atoms with Crippen LogP contribution < -0.4 is 5.32 Å². The number of hydrogen-bond donors (Lipinski definition) is 2. The molecule has 0 spiro atoms. The minimum absolute atomic E-state index is 0.505. The van der Waals surface area contributed by atoms with Crippen molar-refractivity contribution >= 4 is 5.69 Å². The van der Waals surface area contributed by atoms with Crippen LogP contribution in [0.5, 0.6) is 0 Å². The van der Waals surface area contributed by atoms with E-state index in [9.17, 15) is 13.2 Å². The molecule has 1 aromatic rings. The standard InChI is InChI=1S/C9H11F3N2O/c1-6-4-7(2-3-13-6)14-5-8(15)9(10,11)12/h2-4,8,15H,5H2,1H3,(H,13,14). The molecule has 0 aliphatic carbocycles. The van der Waals surface area contributed by atoms with Gasteiger partial charge in [0.2, 0.25) is 0 Å². The van der Waals surface area contributed by atoms with E-state index in [0.29, 0.717) is 11.4 Å². The summed E-state index contributed by atoms with van der Waals surface area (Å²) in [5.41, 5.74) is 1.20. The fourth-order valence-electron chi connectivity index (χ4n) is 0.986. The second-order valence-corrected chi connectivity index (χ2v) is 3.12. The smallest absolute Gasteiger partial charge is 0.382 e.